The number of nitrogens with zero attached hydrogens (tertiary/aromatic N) is 4. The zero-order valence-corrected chi connectivity index (χ0v) is 43.3. The summed E-state index contributed by atoms with van der Waals surface area (Å²) in [6, 6.07) is 0. The molecular formula is C55H74MgN4O6-2. The van der Waals surface area contributed by atoms with Gasteiger partial charge in [-0.3, -0.25) is 19.2 Å². The predicted molar refractivity (Wildman–Crippen MR) is 264 cm³/mol. The summed E-state index contributed by atoms with van der Waals surface area (Å²) in [5.41, 5.74) is 8.46. The van der Waals surface area contributed by atoms with Crippen LogP contribution in [-0.2, 0) is 31.9 Å². The number of fused-ring (bicyclic) bond motifs is 7. The van der Waals surface area contributed by atoms with Gasteiger partial charge in [-0.1, -0.05) is 159 Å². The van der Waals surface area contributed by atoms with Gasteiger partial charge in [-0.15, -0.1) is 33.5 Å². The number of allylic oxidation sites excluding steroid dienone is 2. The molecule has 2 aliphatic heterocycles. The summed E-state index contributed by atoms with van der Waals surface area (Å²) in [5, 5.41) is 6.37. The zero-order valence-electron chi connectivity index (χ0n) is 41.9. The number of aldehydes is 1. The number of hydrogen-bond acceptors (Lipinski definition) is 6. The van der Waals surface area contributed by atoms with E-state index in [1.54, 1.807) is 0 Å². The van der Waals surface area contributed by atoms with Crippen LogP contribution in [0.3, 0.4) is 0 Å². The summed E-state index contributed by atoms with van der Waals surface area (Å²) in [6.07, 6.45) is 20.7. The van der Waals surface area contributed by atoms with Gasteiger partial charge in [0.1, 0.15) is 12.2 Å². The van der Waals surface area contributed by atoms with E-state index in [1.807, 2.05) is 39.0 Å². The van der Waals surface area contributed by atoms with Crippen LogP contribution in [0, 0.1) is 55.3 Å². The summed E-state index contributed by atoms with van der Waals surface area (Å²) >= 11 is 0. The molecule has 1 saturated heterocycles. The zero-order chi connectivity index (χ0) is 47.1. The molecule has 11 heteroatoms. The second-order valence-electron chi connectivity index (χ2n) is 20.0. The maximum absolute atomic E-state index is 14.4. The molecule has 10 nitrogen and oxygen atoms in total. The first-order chi connectivity index (χ1) is 31.1. The van der Waals surface area contributed by atoms with Gasteiger partial charge in [0, 0.05) is 17.5 Å². The van der Waals surface area contributed by atoms with Crippen LogP contribution in [-0.4, -0.2) is 60.8 Å². The molecule has 3 aromatic heterocycles. The van der Waals surface area contributed by atoms with Crippen LogP contribution in [0.5, 0.6) is 0 Å². The van der Waals surface area contributed by atoms with Crippen LogP contribution in [0.4, 0.5) is 0 Å². The number of ether oxygens (including phenoxy) is 2. The Bertz CT molecular complexity index is 2410. The number of ketones is 1. The number of esters is 2. The minimum atomic E-state index is -1.25. The van der Waals surface area contributed by atoms with Crippen molar-refractivity contribution >= 4 is 70.9 Å². The van der Waals surface area contributed by atoms with E-state index in [9.17, 15) is 19.2 Å². The first-order valence-electron chi connectivity index (χ1n) is 24.7. The van der Waals surface area contributed by atoms with Gasteiger partial charge in [0.15, 0.2) is 5.78 Å². The maximum atomic E-state index is 14.4. The third-order valence-electron chi connectivity index (χ3n) is 14.7. The van der Waals surface area contributed by atoms with Crippen LogP contribution < -0.4 is 25.7 Å². The molecule has 0 radical (unpaired) electrons. The van der Waals surface area contributed by atoms with Gasteiger partial charge in [-0.25, -0.2) is 0 Å². The van der Waals surface area contributed by atoms with E-state index in [2.05, 4.69) is 48.5 Å². The van der Waals surface area contributed by atoms with E-state index < -0.39 is 11.9 Å². The fourth-order valence-corrected chi connectivity index (χ4v) is 10.5. The average Bonchev–Trinajstić information content (AvgIpc) is 4.02. The van der Waals surface area contributed by atoms with E-state index in [-0.39, 0.29) is 53.1 Å². The standard InChI is InChI=1S/C55H75N4O6.Mg/c1-12-38-35(8)42-27-43-36(9)40(23-24-48(61)65-26-25-34(7)22-16-21-33(6)20-15-19-32(5)18-14-17-31(3)4)52(58-43)50-51(55(63)64-11)54(62)49-37(10)44(59-53(49)50)28-46-39(13-2)41(30-60)47(57-46)29-45(38)56-42;/h27-34,36,40,51H,12-26H2,1-11H3,(H-,58,59,60,62);/q-3;+2/p-1/b43-27-,47-29-;/t32-,33-,34?,36+,40+,51-;/m1./s1. The average molecular weight is 912 g/mol. The Labute approximate surface area is 410 Å². The monoisotopic (exact) mass is 911 g/mol. The van der Waals surface area contributed by atoms with Gasteiger partial charge in [-0.2, -0.15) is 11.4 Å². The summed E-state index contributed by atoms with van der Waals surface area (Å²) < 4.78 is 11.1. The molecule has 5 heterocycles. The van der Waals surface area contributed by atoms with Gasteiger partial charge >= 0.3 is 35.0 Å². The molecule has 354 valence electrons. The van der Waals surface area contributed by atoms with E-state index in [4.69, 9.17) is 29.7 Å². The van der Waals surface area contributed by atoms with Crippen LogP contribution >= 0.6 is 0 Å². The van der Waals surface area contributed by atoms with Crippen molar-refractivity contribution in [2.24, 2.45) is 41.4 Å². The molecule has 0 aromatic carbocycles. The number of carbonyl (C=O) groups excluding carboxylic acids is 4. The van der Waals surface area contributed by atoms with Crippen molar-refractivity contribution in [3.63, 3.8) is 0 Å². The second kappa shape index (κ2) is 23.8. The van der Waals surface area contributed by atoms with Gasteiger partial charge in [0.25, 0.3) is 0 Å². The van der Waals surface area contributed by atoms with Crippen molar-refractivity contribution in [2.75, 3.05) is 13.7 Å². The van der Waals surface area contributed by atoms with Crippen LogP contribution in [0.2, 0.25) is 0 Å². The Morgan fingerprint density at radius 1 is 0.758 bits per heavy atom. The third kappa shape index (κ3) is 11.8. The Balaban J connectivity index is 0.00000817. The molecule has 1 aliphatic carbocycles. The quantitative estimate of drug-likeness (QED) is 0.0417. The van der Waals surface area contributed by atoms with Crippen LogP contribution in [0.1, 0.15) is 198 Å². The van der Waals surface area contributed by atoms with Crippen molar-refractivity contribution in [2.45, 2.75) is 159 Å². The van der Waals surface area contributed by atoms with Gasteiger partial charge in [0.2, 0.25) is 0 Å². The van der Waals surface area contributed by atoms with Crippen molar-refractivity contribution in [3.8, 4) is 0 Å². The summed E-state index contributed by atoms with van der Waals surface area (Å²) in [6.45, 7) is 22.1. The maximum Gasteiger partial charge on any atom is 2.00 e. The topological polar surface area (TPSA) is 143 Å². The normalized spacial score (nSPS) is 21.7. The van der Waals surface area contributed by atoms with E-state index in [1.165, 1.54) is 58.5 Å². The Morgan fingerprint density at radius 2 is 1.35 bits per heavy atom. The van der Waals surface area contributed by atoms with Crippen molar-refractivity contribution in [1.82, 2.24) is 15.0 Å². The van der Waals surface area contributed by atoms with E-state index in [0.717, 1.165) is 77.1 Å². The molecule has 1 fully saturated rings. The van der Waals surface area contributed by atoms with Crippen molar-refractivity contribution < 1.29 is 28.7 Å². The molecule has 0 spiro atoms. The molecule has 8 bridgehead atoms. The molecule has 66 heavy (non-hydrogen) atoms. The number of aromatic nitrogens is 3. The first-order valence-corrected chi connectivity index (χ1v) is 24.7. The summed E-state index contributed by atoms with van der Waals surface area (Å²) in [4.78, 5) is 69.1. The van der Waals surface area contributed by atoms with Gasteiger partial charge in [0.05, 0.1) is 13.7 Å². The van der Waals surface area contributed by atoms with E-state index in [0.29, 0.717) is 75.4 Å². The smallest absolute Gasteiger partial charge is 0.664 e. The molecule has 0 amide bonds. The Kier molecular flexibility index (Phi) is 19.0. The Hall–Kier alpha value is -4.09. The SMILES string of the molecule is CCc1c2[n-]c(c1C)/C=C1\[N-]/C(=C3\c4[n-]c(c(C)c4C(=O)[C@@H]3C(=O)OC)/C=c3\[n-]/c(c(C=O)c3CC)=C\2)[C@@H](CCC(=O)OCCC(C)CCC[C@H](C)CCC[C@H](C)CCCC(C)C)[C@@H]1C.[Mg+2]. The minimum Gasteiger partial charge on any atom is -0.664 e. The molecule has 0 N–H and O–H groups in total. The number of Topliss-reactive ketones (excluding diaryl/α,β-unsaturated/α-hetero) is 1. The minimum absolute atomic E-state index is 0. The van der Waals surface area contributed by atoms with Crippen LogP contribution in [0.15, 0.2) is 11.4 Å². The molecular weight excluding hydrogens is 837 g/mol. The molecule has 3 aliphatic rings. The molecule has 6 rings (SSSR count). The van der Waals surface area contributed by atoms with Crippen molar-refractivity contribution in [3.05, 3.63) is 83.6 Å². The van der Waals surface area contributed by atoms with Crippen molar-refractivity contribution in [1.29, 1.82) is 0 Å². The second-order valence-corrected chi connectivity index (χ2v) is 20.0. The van der Waals surface area contributed by atoms with Crippen LogP contribution in [0.25, 0.3) is 29.1 Å². The molecule has 1 unspecified atom stereocenters. The number of methoxy groups -OCH3 is 1. The molecule has 6 atom stereocenters. The summed E-state index contributed by atoms with van der Waals surface area (Å²) in [5.74, 6) is -0.288. The largest absolute Gasteiger partial charge is 2.00 e. The number of hydrogen-bond donors (Lipinski definition) is 0. The van der Waals surface area contributed by atoms with Gasteiger partial charge in [-0.05, 0) is 75.0 Å². The number of rotatable bonds is 22. The first kappa shape index (κ1) is 52.9. The summed E-state index contributed by atoms with van der Waals surface area (Å²) in [7, 11) is 1.28. The van der Waals surface area contributed by atoms with Gasteiger partial charge < -0.3 is 29.7 Å². The predicted octanol–water partition coefficient (Wildman–Crippen LogP) is 9.87. The molecule has 3 aromatic rings. The fraction of sp³-hybridized carbons (Fsp3) is 0.600. The number of carbonyl (C=O) groups is 4. The fourth-order valence-electron chi connectivity index (χ4n) is 10.5. The third-order valence-corrected chi connectivity index (χ3v) is 14.7. The Morgan fingerprint density at radius 3 is 1.94 bits per heavy atom. The van der Waals surface area contributed by atoms with E-state index >= 15 is 0 Å². The molecule has 0 saturated carbocycles.